The van der Waals surface area contributed by atoms with Gasteiger partial charge in [-0.2, -0.15) is 0 Å². The Kier molecular flexibility index (Phi) is 5.74. The molecule has 4 aromatic rings. The smallest absolute Gasteiger partial charge is 0.221 e. The van der Waals surface area contributed by atoms with Crippen LogP contribution in [0.25, 0.3) is 22.5 Å². The average molecular weight is 407 g/mol. The zero-order chi connectivity index (χ0) is 20.9. The van der Waals surface area contributed by atoms with Gasteiger partial charge in [0.05, 0.1) is 11.4 Å². The highest BCUT2D eigenvalue weighted by Crippen LogP contribution is 2.26. The topological polar surface area (TPSA) is 35.0 Å². The van der Waals surface area contributed by atoms with E-state index in [9.17, 15) is 0 Å². The van der Waals surface area contributed by atoms with Crippen molar-refractivity contribution in [3.8, 4) is 34.3 Å². The monoisotopic (exact) mass is 406 g/mol. The fourth-order valence-electron chi connectivity index (χ4n) is 4.07. The molecule has 4 aliphatic heterocycles. The van der Waals surface area contributed by atoms with E-state index >= 15 is 0 Å². The van der Waals surface area contributed by atoms with Crippen molar-refractivity contribution >= 4 is 0 Å². The molecule has 154 valence electrons. The third-order valence-electron chi connectivity index (χ3n) is 5.84. The Morgan fingerprint density at radius 3 is 1.39 bits per heavy atom. The maximum atomic E-state index is 6.01. The van der Waals surface area contributed by atoms with E-state index in [1.165, 1.54) is 36.8 Å². The van der Waals surface area contributed by atoms with E-state index in [1.54, 1.807) is 0 Å². The first-order valence-corrected chi connectivity index (χ1v) is 11.1. The van der Waals surface area contributed by atoms with Crippen molar-refractivity contribution in [2.45, 2.75) is 38.5 Å². The highest BCUT2D eigenvalue weighted by molar-refractivity contribution is 5.61. The summed E-state index contributed by atoms with van der Waals surface area (Å²) in [6.45, 7) is 0. The van der Waals surface area contributed by atoms with Crippen LogP contribution in [0, 0.1) is 0 Å². The molecule has 2 aromatic heterocycles. The van der Waals surface area contributed by atoms with Gasteiger partial charge in [-0.15, -0.1) is 0 Å². The number of pyridine rings is 2. The van der Waals surface area contributed by atoms with Gasteiger partial charge in [0.25, 0.3) is 0 Å². The summed E-state index contributed by atoms with van der Waals surface area (Å²) in [5.41, 5.74) is 6.78. The first kappa shape index (κ1) is 19.5. The predicted octanol–water partition coefficient (Wildman–Crippen LogP) is 7.26. The zero-order valence-corrected chi connectivity index (χ0v) is 17.6. The summed E-state index contributed by atoms with van der Waals surface area (Å²) in [5.74, 6) is 1.10. The van der Waals surface area contributed by atoms with Crippen LogP contribution in [0.3, 0.4) is 0 Å². The molecule has 0 spiro atoms. The molecule has 31 heavy (non-hydrogen) atoms. The normalized spacial score (nSPS) is 13.9. The Bertz CT molecular complexity index is 1060. The molecule has 0 saturated carbocycles. The van der Waals surface area contributed by atoms with Crippen molar-refractivity contribution in [3.05, 3.63) is 96.1 Å². The Balaban J connectivity index is 1.48. The lowest BCUT2D eigenvalue weighted by atomic mass is 10.0. The second-order valence-electron chi connectivity index (χ2n) is 8.13. The van der Waals surface area contributed by atoms with Gasteiger partial charge in [-0.3, -0.25) is 0 Å². The minimum absolute atomic E-state index is 0.549. The van der Waals surface area contributed by atoms with Crippen molar-refractivity contribution in [1.29, 1.82) is 0 Å². The van der Waals surface area contributed by atoms with Gasteiger partial charge in [0, 0.05) is 23.3 Å². The van der Waals surface area contributed by atoms with Gasteiger partial charge in [-0.1, -0.05) is 73.5 Å². The Morgan fingerprint density at radius 2 is 0.935 bits per heavy atom. The minimum Gasteiger partial charge on any atom is -0.421 e. The van der Waals surface area contributed by atoms with E-state index in [2.05, 4.69) is 48.5 Å². The Labute approximate surface area is 183 Å². The second-order valence-corrected chi connectivity index (χ2v) is 8.13. The highest BCUT2D eigenvalue weighted by atomic mass is 16.5. The van der Waals surface area contributed by atoms with Crippen LogP contribution in [0.2, 0.25) is 0 Å². The number of ether oxygens (including phenoxy) is 1. The van der Waals surface area contributed by atoms with E-state index in [-0.39, 0.29) is 0 Å². The van der Waals surface area contributed by atoms with Gasteiger partial charge in [0.15, 0.2) is 0 Å². The molecule has 3 heteroatoms. The van der Waals surface area contributed by atoms with Crippen LogP contribution in [-0.4, -0.2) is 9.97 Å². The standard InChI is InChI=1S/C28H26N2O/c1-2-4-8-22-15-19-24(20-16-22)26-10-6-12-28(30-26)31-27-11-5-9-25(29-27)23-17-13-21(7-3-1)14-18-23/h5-6,9-20H,1-4,7-8H2. The molecule has 0 unspecified atom stereocenters. The third-order valence-corrected chi connectivity index (χ3v) is 5.84. The summed E-state index contributed by atoms with van der Waals surface area (Å²) >= 11 is 0. The molecular weight excluding hydrogens is 380 g/mol. The predicted molar refractivity (Wildman–Crippen MR) is 125 cm³/mol. The maximum absolute atomic E-state index is 6.01. The van der Waals surface area contributed by atoms with Crippen LogP contribution in [-0.2, 0) is 12.8 Å². The first-order valence-electron chi connectivity index (χ1n) is 11.1. The van der Waals surface area contributed by atoms with Gasteiger partial charge >= 0.3 is 0 Å². The van der Waals surface area contributed by atoms with Gasteiger partial charge in [0.1, 0.15) is 0 Å². The largest absolute Gasteiger partial charge is 0.421 e. The Morgan fingerprint density at radius 1 is 0.484 bits per heavy atom. The molecule has 3 nitrogen and oxygen atoms in total. The summed E-state index contributed by atoms with van der Waals surface area (Å²) in [5, 5.41) is 0. The molecule has 0 aliphatic carbocycles. The van der Waals surface area contributed by atoms with E-state index in [1.807, 2.05) is 36.4 Å². The lowest BCUT2D eigenvalue weighted by Gasteiger charge is -2.08. The van der Waals surface area contributed by atoms with Gasteiger partial charge in [-0.05, 0) is 48.9 Å². The number of nitrogens with zero attached hydrogens (tertiary/aromatic N) is 2. The molecule has 6 heterocycles. The number of benzene rings is 2. The summed E-state index contributed by atoms with van der Waals surface area (Å²) in [4.78, 5) is 9.41. The van der Waals surface area contributed by atoms with Gasteiger partial charge in [-0.25, -0.2) is 9.97 Å². The lowest BCUT2D eigenvalue weighted by Crippen LogP contribution is -1.94. The quantitative estimate of drug-likeness (QED) is 0.308. The van der Waals surface area contributed by atoms with Crippen LogP contribution >= 0.6 is 0 Å². The van der Waals surface area contributed by atoms with Crippen molar-refractivity contribution < 1.29 is 4.74 Å². The number of hydrogen-bond donors (Lipinski definition) is 0. The molecule has 0 amide bonds. The summed E-state index contributed by atoms with van der Waals surface area (Å²) in [6, 6.07) is 29.2. The number of aryl methyl sites for hydroxylation is 2. The van der Waals surface area contributed by atoms with E-state index < -0.39 is 0 Å². The molecular formula is C28H26N2O. The van der Waals surface area contributed by atoms with Crippen molar-refractivity contribution in [2.24, 2.45) is 0 Å². The Hall–Kier alpha value is -3.46. The van der Waals surface area contributed by atoms with E-state index in [4.69, 9.17) is 14.7 Å². The molecule has 2 aromatic carbocycles. The number of rotatable bonds is 0. The zero-order valence-electron chi connectivity index (χ0n) is 17.6. The summed E-state index contributed by atoms with van der Waals surface area (Å²) in [6.07, 6.45) is 7.29. The fourth-order valence-corrected chi connectivity index (χ4v) is 4.07. The van der Waals surface area contributed by atoms with Gasteiger partial charge < -0.3 is 4.74 Å². The first-order chi connectivity index (χ1) is 15.3. The van der Waals surface area contributed by atoms with E-state index in [0.29, 0.717) is 11.8 Å². The van der Waals surface area contributed by atoms with Crippen molar-refractivity contribution in [3.63, 3.8) is 0 Å². The molecule has 8 bridgehead atoms. The molecule has 0 fully saturated rings. The van der Waals surface area contributed by atoms with Gasteiger partial charge in [0.2, 0.25) is 11.8 Å². The van der Waals surface area contributed by atoms with Crippen LogP contribution in [0.15, 0.2) is 84.9 Å². The van der Waals surface area contributed by atoms with Crippen molar-refractivity contribution in [2.75, 3.05) is 0 Å². The fraction of sp³-hybridized carbons (Fsp3) is 0.214. The summed E-state index contributed by atoms with van der Waals surface area (Å²) < 4.78 is 6.01. The summed E-state index contributed by atoms with van der Waals surface area (Å²) in [7, 11) is 0. The molecule has 0 N–H and O–H groups in total. The minimum atomic E-state index is 0.549. The molecule has 4 aliphatic rings. The van der Waals surface area contributed by atoms with Crippen LogP contribution in [0.5, 0.6) is 11.8 Å². The van der Waals surface area contributed by atoms with Crippen LogP contribution < -0.4 is 4.74 Å². The average Bonchev–Trinajstić information content (AvgIpc) is 2.82. The molecule has 8 rings (SSSR count). The second kappa shape index (κ2) is 9.13. The molecule has 0 radical (unpaired) electrons. The van der Waals surface area contributed by atoms with Crippen LogP contribution in [0.1, 0.15) is 36.8 Å². The molecule has 0 saturated heterocycles. The van der Waals surface area contributed by atoms with E-state index in [0.717, 1.165) is 35.4 Å². The van der Waals surface area contributed by atoms with Crippen molar-refractivity contribution in [1.82, 2.24) is 9.97 Å². The SMILES string of the molecule is c1cc2nc(c1)-c1ccc(cc1)CCCCCCc1ccc(cc1)-c1cccc(n1)O2. The molecule has 0 atom stereocenters. The highest BCUT2D eigenvalue weighted by Gasteiger charge is 2.07. The number of hydrogen-bond acceptors (Lipinski definition) is 3. The number of aromatic nitrogens is 2. The maximum Gasteiger partial charge on any atom is 0.221 e. The van der Waals surface area contributed by atoms with Crippen LogP contribution in [0.4, 0.5) is 0 Å². The third kappa shape index (κ3) is 4.83. The lowest BCUT2D eigenvalue weighted by molar-refractivity contribution is 0.446.